The van der Waals surface area contributed by atoms with Crippen molar-refractivity contribution in [3.05, 3.63) is 23.9 Å². The van der Waals surface area contributed by atoms with Crippen LogP contribution in [0, 0.1) is 0 Å². The van der Waals surface area contributed by atoms with Crippen LogP contribution in [0.1, 0.15) is 6.92 Å². The number of amides is 1. The first-order valence-corrected chi connectivity index (χ1v) is 4.44. The van der Waals surface area contributed by atoms with Gasteiger partial charge in [0.2, 0.25) is 0 Å². The van der Waals surface area contributed by atoms with Gasteiger partial charge in [-0.3, -0.25) is 4.90 Å². The van der Waals surface area contributed by atoms with Crippen molar-refractivity contribution in [1.82, 2.24) is 4.90 Å². The SMILES string of the molecule is COC(=O)C1=CN(C(=O)OC)C(C)C=C1. The zero-order valence-electron chi connectivity index (χ0n) is 8.89. The number of hydrogen-bond donors (Lipinski definition) is 0. The van der Waals surface area contributed by atoms with Gasteiger partial charge in [0, 0.05) is 6.20 Å². The minimum atomic E-state index is -0.506. The van der Waals surface area contributed by atoms with Gasteiger partial charge in [-0.2, -0.15) is 0 Å². The molecule has 82 valence electrons. The van der Waals surface area contributed by atoms with E-state index in [1.54, 1.807) is 12.2 Å². The number of ether oxygens (including phenoxy) is 2. The zero-order valence-corrected chi connectivity index (χ0v) is 8.89. The molecule has 1 aliphatic heterocycles. The topological polar surface area (TPSA) is 55.8 Å². The number of nitrogens with zero attached hydrogens (tertiary/aromatic N) is 1. The molecule has 5 heteroatoms. The lowest BCUT2D eigenvalue weighted by molar-refractivity contribution is -0.135. The van der Waals surface area contributed by atoms with Gasteiger partial charge in [0.15, 0.2) is 0 Å². The van der Waals surface area contributed by atoms with E-state index in [-0.39, 0.29) is 6.04 Å². The molecular weight excluding hydrogens is 198 g/mol. The van der Waals surface area contributed by atoms with Crippen LogP contribution in [0.3, 0.4) is 0 Å². The van der Waals surface area contributed by atoms with Crippen LogP contribution in [0.2, 0.25) is 0 Å². The standard InChI is InChI=1S/C10H13NO4/c1-7-4-5-8(9(12)14-2)6-11(7)10(13)15-3/h4-7H,1-3H3. The lowest BCUT2D eigenvalue weighted by Gasteiger charge is -2.25. The maximum absolute atomic E-state index is 11.3. The van der Waals surface area contributed by atoms with Crippen LogP contribution in [0.15, 0.2) is 23.9 Å². The average molecular weight is 211 g/mol. The molecule has 0 saturated carbocycles. The van der Waals surface area contributed by atoms with Gasteiger partial charge in [-0.1, -0.05) is 6.08 Å². The van der Waals surface area contributed by atoms with Crippen molar-refractivity contribution in [2.45, 2.75) is 13.0 Å². The Morgan fingerprint density at radius 3 is 2.53 bits per heavy atom. The van der Waals surface area contributed by atoms with Gasteiger partial charge in [0.05, 0.1) is 25.8 Å². The molecule has 0 aromatic carbocycles. The number of hydrogen-bond acceptors (Lipinski definition) is 4. The van der Waals surface area contributed by atoms with Crippen LogP contribution in [0.4, 0.5) is 4.79 Å². The second kappa shape index (κ2) is 4.63. The van der Waals surface area contributed by atoms with Crippen molar-refractivity contribution < 1.29 is 19.1 Å². The summed E-state index contributed by atoms with van der Waals surface area (Å²) >= 11 is 0. The van der Waals surface area contributed by atoms with E-state index in [1.807, 2.05) is 6.92 Å². The summed E-state index contributed by atoms with van der Waals surface area (Å²) in [5.74, 6) is -0.480. The Hall–Kier alpha value is -1.78. The Balaban J connectivity index is 2.89. The van der Waals surface area contributed by atoms with Crippen LogP contribution in [-0.2, 0) is 14.3 Å². The summed E-state index contributed by atoms with van der Waals surface area (Å²) in [5, 5.41) is 0. The Morgan fingerprint density at radius 1 is 1.33 bits per heavy atom. The fourth-order valence-electron chi connectivity index (χ4n) is 1.21. The monoisotopic (exact) mass is 211 g/mol. The van der Waals surface area contributed by atoms with E-state index >= 15 is 0 Å². The summed E-state index contributed by atoms with van der Waals surface area (Å²) in [6.45, 7) is 1.82. The second-order valence-corrected chi connectivity index (χ2v) is 3.05. The number of carbonyl (C=O) groups excluding carboxylic acids is 2. The minimum Gasteiger partial charge on any atom is -0.465 e. The predicted molar refractivity (Wildman–Crippen MR) is 52.9 cm³/mol. The fourth-order valence-corrected chi connectivity index (χ4v) is 1.21. The lowest BCUT2D eigenvalue weighted by Crippen LogP contribution is -2.35. The molecule has 1 rings (SSSR count). The van der Waals surface area contributed by atoms with Crippen molar-refractivity contribution in [3.63, 3.8) is 0 Å². The van der Waals surface area contributed by atoms with Gasteiger partial charge in [-0.15, -0.1) is 0 Å². The molecular formula is C10H13NO4. The van der Waals surface area contributed by atoms with E-state index in [1.165, 1.54) is 25.3 Å². The molecule has 0 aromatic rings. The molecule has 0 aliphatic carbocycles. The van der Waals surface area contributed by atoms with E-state index in [0.717, 1.165) is 0 Å². The molecule has 0 spiro atoms. The number of esters is 1. The van der Waals surface area contributed by atoms with Gasteiger partial charge < -0.3 is 9.47 Å². The van der Waals surface area contributed by atoms with Crippen LogP contribution < -0.4 is 0 Å². The van der Waals surface area contributed by atoms with E-state index in [4.69, 9.17) is 0 Å². The fraction of sp³-hybridized carbons (Fsp3) is 0.400. The third kappa shape index (κ3) is 2.37. The number of methoxy groups -OCH3 is 2. The minimum absolute atomic E-state index is 0.133. The maximum atomic E-state index is 11.3. The van der Waals surface area contributed by atoms with E-state index in [0.29, 0.717) is 5.57 Å². The van der Waals surface area contributed by atoms with Gasteiger partial charge in [-0.25, -0.2) is 9.59 Å². The Kier molecular flexibility index (Phi) is 3.49. The molecule has 1 aliphatic rings. The molecule has 0 radical (unpaired) electrons. The Bertz CT molecular complexity index is 332. The van der Waals surface area contributed by atoms with Gasteiger partial charge in [-0.05, 0) is 13.0 Å². The van der Waals surface area contributed by atoms with Gasteiger partial charge in [0.25, 0.3) is 0 Å². The predicted octanol–water partition coefficient (Wildman–Crippen LogP) is 1.07. The van der Waals surface area contributed by atoms with Crippen LogP contribution in [0.25, 0.3) is 0 Å². The molecule has 5 nitrogen and oxygen atoms in total. The van der Waals surface area contributed by atoms with Crippen molar-refractivity contribution in [1.29, 1.82) is 0 Å². The average Bonchev–Trinajstić information content (AvgIpc) is 2.27. The molecule has 0 aromatic heterocycles. The maximum Gasteiger partial charge on any atom is 0.414 e. The van der Waals surface area contributed by atoms with Crippen LogP contribution in [-0.4, -0.2) is 37.2 Å². The first-order chi connectivity index (χ1) is 7.10. The lowest BCUT2D eigenvalue weighted by atomic mass is 10.1. The van der Waals surface area contributed by atoms with Crippen molar-refractivity contribution in [2.75, 3.05) is 14.2 Å². The van der Waals surface area contributed by atoms with Gasteiger partial charge >= 0.3 is 12.1 Å². The smallest absolute Gasteiger partial charge is 0.414 e. The van der Waals surface area contributed by atoms with Crippen LogP contribution in [0.5, 0.6) is 0 Å². The normalized spacial score (nSPS) is 19.5. The highest BCUT2D eigenvalue weighted by Gasteiger charge is 2.22. The molecule has 1 amide bonds. The van der Waals surface area contributed by atoms with Crippen molar-refractivity contribution in [3.8, 4) is 0 Å². The number of carbonyl (C=O) groups is 2. The molecule has 1 atom stereocenters. The molecule has 0 fully saturated rings. The number of rotatable bonds is 1. The summed E-state index contributed by atoms with van der Waals surface area (Å²) in [5.41, 5.74) is 0.320. The highest BCUT2D eigenvalue weighted by atomic mass is 16.5. The first-order valence-electron chi connectivity index (χ1n) is 4.44. The zero-order chi connectivity index (χ0) is 11.4. The molecule has 1 unspecified atom stereocenters. The summed E-state index contributed by atoms with van der Waals surface area (Å²) in [6, 6.07) is -0.133. The summed E-state index contributed by atoms with van der Waals surface area (Å²) in [6.07, 6.45) is 4.26. The summed E-state index contributed by atoms with van der Waals surface area (Å²) in [4.78, 5) is 23.8. The first kappa shape index (κ1) is 11.3. The molecule has 0 N–H and O–H groups in total. The van der Waals surface area contributed by atoms with Crippen LogP contribution >= 0.6 is 0 Å². The largest absolute Gasteiger partial charge is 0.465 e. The quantitative estimate of drug-likeness (QED) is 0.609. The highest BCUT2D eigenvalue weighted by molar-refractivity contribution is 5.92. The Morgan fingerprint density at radius 2 is 2.00 bits per heavy atom. The third-order valence-electron chi connectivity index (χ3n) is 2.08. The summed E-state index contributed by atoms with van der Waals surface area (Å²) < 4.78 is 9.13. The Labute approximate surface area is 87.9 Å². The third-order valence-corrected chi connectivity index (χ3v) is 2.08. The summed E-state index contributed by atoms with van der Waals surface area (Å²) in [7, 11) is 2.58. The van der Waals surface area contributed by atoms with Crippen molar-refractivity contribution in [2.24, 2.45) is 0 Å². The van der Waals surface area contributed by atoms with E-state index in [9.17, 15) is 9.59 Å². The second-order valence-electron chi connectivity index (χ2n) is 3.05. The van der Waals surface area contributed by atoms with E-state index < -0.39 is 12.1 Å². The molecule has 0 saturated heterocycles. The highest BCUT2D eigenvalue weighted by Crippen LogP contribution is 2.15. The van der Waals surface area contributed by atoms with Gasteiger partial charge in [0.1, 0.15) is 0 Å². The van der Waals surface area contributed by atoms with E-state index in [2.05, 4.69) is 9.47 Å². The molecule has 15 heavy (non-hydrogen) atoms. The van der Waals surface area contributed by atoms with Crippen molar-refractivity contribution >= 4 is 12.1 Å². The molecule has 0 bridgehead atoms. The molecule has 1 heterocycles.